The monoisotopic (exact) mass is 449 g/mol. The number of halogens is 4. The van der Waals surface area contributed by atoms with Crippen LogP contribution >= 0.6 is 23.2 Å². The maximum atomic E-state index is 14.3. The van der Waals surface area contributed by atoms with E-state index in [-0.39, 0.29) is 36.3 Å². The smallest absolute Gasteiger partial charge is 0.208 e. The summed E-state index contributed by atoms with van der Waals surface area (Å²) in [5, 5.41) is 0.587. The Bertz CT molecular complexity index is 1340. The highest BCUT2D eigenvalue weighted by Crippen LogP contribution is 2.38. The molecular formula is C21H11Cl2F2NO2S. The molecule has 1 heterocycles. The number of nitrogens with zero attached hydrogens (tertiary/aromatic N) is 1. The average Bonchev–Trinajstić information content (AvgIpc) is 2.67. The van der Waals surface area contributed by atoms with Gasteiger partial charge in [-0.15, -0.1) is 0 Å². The Kier molecular flexibility index (Phi) is 5.02. The van der Waals surface area contributed by atoms with Crippen LogP contribution in [0.15, 0.2) is 76.7 Å². The Labute approximate surface area is 175 Å². The van der Waals surface area contributed by atoms with Gasteiger partial charge in [0, 0.05) is 27.2 Å². The van der Waals surface area contributed by atoms with Crippen LogP contribution in [0.1, 0.15) is 0 Å². The average molecular weight is 450 g/mol. The molecule has 0 atom stereocenters. The van der Waals surface area contributed by atoms with Crippen LogP contribution < -0.4 is 0 Å². The molecule has 0 bridgehead atoms. The summed E-state index contributed by atoms with van der Waals surface area (Å²) in [6.07, 6.45) is 1.09. The third-order valence-corrected chi connectivity index (χ3v) is 6.56. The van der Waals surface area contributed by atoms with Gasteiger partial charge in [0.25, 0.3) is 0 Å². The third kappa shape index (κ3) is 3.59. The van der Waals surface area contributed by atoms with Gasteiger partial charge in [-0.2, -0.15) is 0 Å². The van der Waals surface area contributed by atoms with Gasteiger partial charge in [-0.1, -0.05) is 47.5 Å². The topological polar surface area (TPSA) is 47.0 Å². The summed E-state index contributed by atoms with van der Waals surface area (Å²) >= 11 is 12.0. The summed E-state index contributed by atoms with van der Waals surface area (Å²) in [7, 11) is -4.12. The van der Waals surface area contributed by atoms with Crippen molar-refractivity contribution in [1.82, 2.24) is 4.98 Å². The van der Waals surface area contributed by atoms with Crippen LogP contribution in [0, 0.1) is 11.6 Å². The zero-order valence-electron chi connectivity index (χ0n) is 14.5. The molecule has 1 aromatic heterocycles. The Morgan fingerprint density at radius 3 is 2.17 bits per heavy atom. The first-order valence-electron chi connectivity index (χ1n) is 8.32. The molecule has 0 fully saturated rings. The standard InChI is InChI=1S/C21H11Cl2F2NO2S/c22-13-8-14(23)10-16(9-13)29(27,28)19-11-26-21-17(2-1-3-18(21)25)20(19)12-4-6-15(24)7-5-12/h1-11H. The van der Waals surface area contributed by atoms with E-state index in [0.29, 0.717) is 5.56 Å². The van der Waals surface area contributed by atoms with Crippen molar-refractivity contribution in [3.05, 3.63) is 88.5 Å². The molecule has 146 valence electrons. The second-order valence-electron chi connectivity index (χ2n) is 6.25. The summed E-state index contributed by atoms with van der Waals surface area (Å²) in [6, 6.07) is 13.5. The summed E-state index contributed by atoms with van der Waals surface area (Å²) in [5.41, 5.74) is 0.622. The molecule has 0 aliphatic heterocycles. The van der Waals surface area contributed by atoms with E-state index in [1.54, 1.807) is 6.07 Å². The first-order valence-corrected chi connectivity index (χ1v) is 10.6. The molecule has 29 heavy (non-hydrogen) atoms. The predicted molar refractivity (Wildman–Crippen MR) is 109 cm³/mol. The maximum Gasteiger partial charge on any atom is 0.208 e. The molecule has 4 rings (SSSR count). The van der Waals surface area contributed by atoms with E-state index < -0.39 is 21.5 Å². The molecule has 0 aliphatic rings. The van der Waals surface area contributed by atoms with E-state index in [9.17, 15) is 17.2 Å². The summed E-state index contributed by atoms with van der Waals surface area (Å²) in [6.45, 7) is 0. The number of fused-ring (bicyclic) bond motifs is 1. The minimum absolute atomic E-state index is 0.00917. The number of rotatable bonds is 3. The summed E-state index contributed by atoms with van der Waals surface area (Å²) in [4.78, 5) is 3.73. The van der Waals surface area contributed by atoms with Crippen LogP contribution in [0.3, 0.4) is 0 Å². The Morgan fingerprint density at radius 2 is 1.52 bits per heavy atom. The number of sulfone groups is 1. The van der Waals surface area contributed by atoms with Crippen LogP contribution in [0.2, 0.25) is 10.0 Å². The highest BCUT2D eigenvalue weighted by Gasteiger charge is 2.26. The van der Waals surface area contributed by atoms with Crippen LogP contribution in [0.5, 0.6) is 0 Å². The molecular weight excluding hydrogens is 439 g/mol. The van der Waals surface area contributed by atoms with Gasteiger partial charge in [-0.05, 0) is 42.0 Å². The van der Waals surface area contributed by atoms with Crippen molar-refractivity contribution in [2.75, 3.05) is 0 Å². The predicted octanol–water partition coefficient (Wildman–Crippen LogP) is 6.32. The van der Waals surface area contributed by atoms with Crippen molar-refractivity contribution in [2.24, 2.45) is 0 Å². The van der Waals surface area contributed by atoms with E-state index in [0.717, 1.165) is 6.20 Å². The molecule has 0 N–H and O–H groups in total. The van der Waals surface area contributed by atoms with Crippen molar-refractivity contribution in [2.45, 2.75) is 9.79 Å². The number of hydrogen-bond acceptors (Lipinski definition) is 3. The maximum absolute atomic E-state index is 14.3. The van der Waals surface area contributed by atoms with Gasteiger partial charge >= 0.3 is 0 Å². The number of benzene rings is 3. The van der Waals surface area contributed by atoms with Crippen LogP contribution in [-0.2, 0) is 9.84 Å². The van der Waals surface area contributed by atoms with E-state index in [1.165, 1.54) is 54.6 Å². The van der Waals surface area contributed by atoms with E-state index >= 15 is 0 Å². The fourth-order valence-corrected chi connectivity index (χ4v) is 5.26. The molecule has 3 aromatic carbocycles. The van der Waals surface area contributed by atoms with E-state index in [4.69, 9.17) is 23.2 Å². The van der Waals surface area contributed by atoms with E-state index in [2.05, 4.69) is 4.98 Å². The highest BCUT2D eigenvalue weighted by molar-refractivity contribution is 7.91. The molecule has 0 saturated carbocycles. The van der Waals surface area contributed by atoms with Gasteiger partial charge in [0.2, 0.25) is 9.84 Å². The minimum Gasteiger partial charge on any atom is -0.252 e. The van der Waals surface area contributed by atoms with Crippen molar-refractivity contribution >= 4 is 43.9 Å². The fourth-order valence-electron chi connectivity index (χ4n) is 3.10. The lowest BCUT2D eigenvalue weighted by molar-refractivity contribution is 0.596. The minimum atomic E-state index is -4.12. The Balaban J connectivity index is 2.09. The molecule has 8 heteroatoms. The molecule has 0 saturated heterocycles. The summed E-state index contributed by atoms with van der Waals surface area (Å²) < 4.78 is 54.6. The molecule has 0 spiro atoms. The number of pyridine rings is 1. The lowest BCUT2D eigenvalue weighted by atomic mass is 10.0. The molecule has 0 amide bonds. The second-order valence-corrected chi connectivity index (χ2v) is 9.04. The van der Waals surface area contributed by atoms with Gasteiger partial charge < -0.3 is 0 Å². The van der Waals surface area contributed by atoms with E-state index in [1.807, 2.05) is 0 Å². The van der Waals surface area contributed by atoms with Crippen molar-refractivity contribution in [3.63, 3.8) is 0 Å². The second kappa shape index (κ2) is 7.37. The third-order valence-electron chi connectivity index (χ3n) is 4.38. The van der Waals surface area contributed by atoms with Crippen molar-refractivity contribution in [3.8, 4) is 11.1 Å². The molecule has 0 unspecified atom stereocenters. The first-order chi connectivity index (χ1) is 13.8. The fraction of sp³-hybridized carbons (Fsp3) is 0. The molecule has 4 aromatic rings. The Hall–Kier alpha value is -2.54. The normalized spacial score (nSPS) is 11.7. The van der Waals surface area contributed by atoms with Crippen LogP contribution in [0.4, 0.5) is 8.78 Å². The molecule has 3 nitrogen and oxygen atoms in total. The first kappa shape index (κ1) is 19.8. The lowest BCUT2D eigenvalue weighted by Gasteiger charge is -2.14. The van der Waals surface area contributed by atoms with Crippen molar-refractivity contribution in [1.29, 1.82) is 0 Å². The highest BCUT2D eigenvalue weighted by atomic mass is 35.5. The molecule has 0 aliphatic carbocycles. The quantitative estimate of drug-likeness (QED) is 0.367. The summed E-state index contributed by atoms with van der Waals surface area (Å²) in [5.74, 6) is -1.08. The largest absolute Gasteiger partial charge is 0.252 e. The zero-order chi connectivity index (χ0) is 20.8. The number of hydrogen-bond donors (Lipinski definition) is 0. The SMILES string of the molecule is O=S(=O)(c1cc(Cl)cc(Cl)c1)c1cnc2c(F)cccc2c1-c1ccc(F)cc1. The lowest BCUT2D eigenvalue weighted by Crippen LogP contribution is -2.06. The Morgan fingerprint density at radius 1 is 0.862 bits per heavy atom. The van der Waals surface area contributed by atoms with Gasteiger partial charge in [-0.3, -0.25) is 4.98 Å². The van der Waals surface area contributed by atoms with Crippen LogP contribution in [-0.4, -0.2) is 13.4 Å². The van der Waals surface area contributed by atoms with Gasteiger partial charge in [0.05, 0.1) is 9.79 Å². The van der Waals surface area contributed by atoms with Gasteiger partial charge in [0.1, 0.15) is 17.2 Å². The molecule has 0 radical (unpaired) electrons. The van der Waals surface area contributed by atoms with Crippen molar-refractivity contribution < 1.29 is 17.2 Å². The number of aromatic nitrogens is 1. The zero-order valence-corrected chi connectivity index (χ0v) is 16.9. The van der Waals surface area contributed by atoms with Gasteiger partial charge in [-0.25, -0.2) is 17.2 Å². The number of para-hydroxylation sites is 1. The van der Waals surface area contributed by atoms with Gasteiger partial charge in [0.15, 0.2) is 0 Å². The van der Waals surface area contributed by atoms with Crippen LogP contribution in [0.25, 0.3) is 22.0 Å².